The van der Waals surface area contributed by atoms with E-state index < -0.39 is 24.2 Å². The largest absolute Gasteiger partial charge is 0.480 e. The number of carboxylic acid groups (broad SMARTS) is 1. The van der Waals surface area contributed by atoms with Crippen molar-refractivity contribution in [1.82, 2.24) is 10.2 Å². The third kappa shape index (κ3) is 2.47. The van der Waals surface area contributed by atoms with E-state index in [0.29, 0.717) is 13.0 Å². The van der Waals surface area contributed by atoms with E-state index >= 15 is 0 Å². The minimum Gasteiger partial charge on any atom is -0.480 e. The quantitative estimate of drug-likeness (QED) is 0.564. The number of carbonyl (C=O) groups is 2. The van der Waals surface area contributed by atoms with Crippen molar-refractivity contribution in [3.05, 3.63) is 0 Å². The lowest BCUT2D eigenvalue weighted by Crippen LogP contribution is -2.48. The summed E-state index contributed by atoms with van der Waals surface area (Å²) in [6.45, 7) is 0.673. The van der Waals surface area contributed by atoms with Crippen molar-refractivity contribution in [2.75, 3.05) is 20.2 Å². The average molecular weight is 258 g/mol. The van der Waals surface area contributed by atoms with Crippen LogP contribution in [0.25, 0.3) is 0 Å². The molecule has 2 aliphatic rings. The molecule has 7 nitrogen and oxygen atoms in total. The molecule has 0 spiro atoms. The molecule has 18 heavy (non-hydrogen) atoms. The van der Waals surface area contributed by atoms with Gasteiger partial charge in [0.05, 0.1) is 18.2 Å². The zero-order valence-electron chi connectivity index (χ0n) is 10.2. The number of rotatable bonds is 3. The van der Waals surface area contributed by atoms with Crippen molar-refractivity contribution in [3.63, 3.8) is 0 Å². The zero-order chi connectivity index (χ0) is 13.3. The Morgan fingerprint density at radius 3 is 2.67 bits per heavy atom. The van der Waals surface area contributed by atoms with Crippen LogP contribution in [0.2, 0.25) is 0 Å². The van der Waals surface area contributed by atoms with Crippen LogP contribution in [0.1, 0.15) is 12.8 Å². The van der Waals surface area contributed by atoms with E-state index in [9.17, 15) is 14.7 Å². The molecule has 4 atom stereocenters. The summed E-state index contributed by atoms with van der Waals surface area (Å²) in [6.07, 6.45) is -0.139. The maximum atomic E-state index is 12.2. The van der Waals surface area contributed by atoms with Gasteiger partial charge in [0.25, 0.3) is 0 Å². The standard InChI is InChI=1S/C11H18N2O5/c1-18-7-3-8(12-4-7)10(15)13-5-6(14)2-9(13)11(16)17/h6-9,12,14H,2-5H2,1H3,(H,16,17)/t6-,7?,8?,9-/m0/s1. The summed E-state index contributed by atoms with van der Waals surface area (Å²) in [4.78, 5) is 24.5. The second kappa shape index (κ2) is 5.21. The number of amides is 1. The lowest BCUT2D eigenvalue weighted by Gasteiger charge is -2.24. The van der Waals surface area contributed by atoms with Crippen LogP contribution in [0.4, 0.5) is 0 Å². The summed E-state index contributed by atoms with van der Waals surface area (Å²) in [5, 5.41) is 21.6. The van der Waals surface area contributed by atoms with Gasteiger partial charge < -0.3 is 25.2 Å². The minimum absolute atomic E-state index is 0.0187. The van der Waals surface area contributed by atoms with Gasteiger partial charge in [-0.1, -0.05) is 0 Å². The molecule has 2 unspecified atom stereocenters. The van der Waals surface area contributed by atoms with Crippen LogP contribution >= 0.6 is 0 Å². The molecule has 0 aromatic heterocycles. The first-order valence-corrected chi connectivity index (χ1v) is 6.00. The van der Waals surface area contributed by atoms with E-state index in [1.807, 2.05) is 0 Å². The van der Waals surface area contributed by atoms with Crippen molar-refractivity contribution in [1.29, 1.82) is 0 Å². The van der Waals surface area contributed by atoms with E-state index in [-0.39, 0.29) is 25.0 Å². The molecule has 0 bridgehead atoms. The summed E-state index contributed by atoms with van der Waals surface area (Å²) in [5.74, 6) is -1.33. The Morgan fingerprint density at radius 1 is 1.39 bits per heavy atom. The van der Waals surface area contributed by atoms with Crippen LogP contribution in [-0.2, 0) is 14.3 Å². The van der Waals surface area contributed by atoms with Gasteiger partial charge in [0, 0.05) is 26.6 Å². The van der Waals surface area contributed by atoms with E-state index in [1.54, 1.807) is 7.11 Å². The number of aliphatic hydroxyl groups is 1. The molecule has 0 saturated carbocycles. The van der Waals surface area contributed by atoms with Crippen molar-refractivity contribution >= 4 is 11.9 Å². The van der Waals surface area contributed by atoms with Crippen molar-refractivity contribution in [2.24, 2.45) is 0 Å². The number of carboxylic acids is 1. The average Bonchev–Trinajstić information content (AvgIpc) is 2.94. The molecule has 2 heterocycles. The van der Waals surface area contributed by atoms with Gasteiger partial charge >= 0.3 is 5.97 Å². The van der Waals surface area contributed by atoms with Crippen LogP contribution in [0.3, 0.4) is 0 Å². The number of carbonyl (C=O) groups excluding carboxylic acids is 1. The minimum atomic E-state index is -1.07. The maximum absolute atomic E-state index is 12.2. The number of β-amino-alcohol motifs (C(OH)–C–C–N with tert-alkyl or cyclic N) is 1. The Labute approximate surface area is 105 Å². The Hall–Kier alpha value is -1.18. The van der Waals surface area contributed by atoms with Crippen molar-refractivity contribution in [2.45, 2.75) is 37.1 Å². The van der Waals surface area contributed by atoms with Gasteiger partial charge in [0.1, 0.15) is 6.04 Å². The second-order valence-corrected chi connectivity index (χ2v) is 4.79. The first kappa shape index (κ1) is 13.3. The highest BCUT2D eigenvalue weighted by Crippen LogP contribution is 2.21. The summed E-state index contributed by atoms with van der Waals surface area (Å²) >= 11 is 0. The normalized spacial score (nSPS) is 36.0. The summed E-state index contributed by atoms with van der Waals surface area (Å²) in [7, 11) is 1.58. The molecule has 102 valence electrons. The molecule has 2 rings (SSSR count). The van der Waals surface area contributed by atoms with Gasteiger partial charge in [-0.2, -0.15) is 0 Å². The van der Waals surface area contributed by atoms with E-state index in [0.717, 1.165) is 0 Å². The first-order valence-electron chi connectivity index (χ1n) is 6.00. The smallest absolute Gasteiger partial charge is 0.326 e. The Morgan fingerprint density at radius 2 is 2.11 bits per heavy atom. The molecule has 7 heteroatoms. The monoisotopic (exact) mass is 258 g/mol. The van der Waals surface area contributed by atoms with Gasteiger partial charge in [-0.15, -0.1) is 0 Å². The molecule has 2 fully saturated rings. The fourth-order valence-corrected chi connectivity index (χ4v) is 2.56. The first-order chi connectivity index (χ1) is 8.52. The van der Waals surface area contributed by atoms with Crippen LogP contribution in [0.5, 0.6) is 0 Å². The maximum Gasteiger partial charge on any atom is 0.326 e. The highest BCUT2D eigenvalue weighted by molar-refractivity contribution is 5.88. The number of likely N-dealkylation sites (tertiary alicyclic amines) is 1. The molecule has 0 aromatic rings. The second-order valence-electron chi connectivity index (χ2n) is 4.79. The van der Waals surface area contributed by atoms with Crippen LogP contribution in [-0.4, -0.2) is 71.5 Å². The molecule has 3 N–H and O–H groups in total. The van der Waals surface area contributed by atoms with Gasteiger partial charge in [-0.25, -0.2) is 4.79 Å². The van der Waals surface area contributed by atoms with E-state index in [1.165, 1.54) is 4.90 Å². The molecule has 0 aromatic carbocycles. The van der Waals surface area contributed by atoms with E-state index in [4.69, 9.17) is 9.84 Å². The molecule has 0 aliphatic carbocycles. The molecular formula is C11H18N2O5. The Balaban J connectivity index is 2.02. The van der Waals surface area contributed by atoms with Gasteiger partial charge in [0.2, 0.25) is 5.91 Å². The predicted octanol–water partition coefficient (Wildman–Crippen LogP) is -1.59. The molecule has 0 radical (unpaired) electrons. The SMILES string of the molecule is COC1CNC(C(=O)N2C[C@@H](O)C[C@H]2C(=O)O)C1. The number of nitrogens with one attached hydrogen (secondary N) is 1. The Kier molecular flexibility index (Phi) is 3.84. The third-order valence-corrected chi connectivity index (χ3v) is 3.57. The number of ether oxygens (including phenoxy) is 1. The number of hydrogen-bond donors (Lipinski definition) is 3. The number of hydrogen-bond acceptors (Lipinski definition) is 5. The highest BCUT2D eigenvalue weighted by Gasteiger charge is 2.42. The predicted molar refractivity (Wildman–Crippen MR) is 61.0 cm³/mol. The fourth-order valence-electron chi connectivity index (χ4n) is 2.56. The van der Waals surface area contributed by atoms with Gasteiger partial charge in [-0.3, -0.25) is 4.79 Å². The lowest BCUT2D eigenvalue weighted by atomic mass is 10.1. The molecule has 2 aliphatic heterocycles. The zero-order valence-corrected chi connectivity index (χ0v) is 10.2. The van der Waals surface area contributed by atoms with Gasteiger partial charge in [0.15, 0.2) is 0 Å². The van der Waals surface area contributed by atoms with E-state index in [2.05, 4.69) is 5.32 Å². The Bertz CT molecular complexity index is 348. The number of methoxy groups -OCH3 is 1. The lowest BCUT2D eigenvalue weighted by molar-refractivity contribution is -0.148. The van der Waals surface area contributed by atoms with Crippen LogP contribution < -0.4 is 5.32 Å². The topological polar surface area (TPSA) is 99.1 Å². The summed E-state index contributed by atoms with van der Waals surface area (Å²) in [6, 6.07) is -1.34. The van der Waals surface area contributed by atoms with Crippen LogP contribution in [0, 0.1) is 0 Å². The molecule has 2 saturated heterocycles. The van der Waals surface area contributed by atoms with Gasteiger partial charge in [-0.05, 0) is 6.42 Å². The molecule has 1 amide bonds. The molecular weight excluding hydrogens is 240 g/mol. The summed E-state index contributed by atoms with van der Waals surface area (Å²) in [5.41, 5.74) is 0. The van der Waals surface area contributed by atoms with Crippen molar-refractivity contribution < 1.29 is 24.5 Å². The third-order valence-electron chi connectivity index (χ3n) is 3.57. The number of nitrogens with zero attached hydrogens (tertiary/aromatic N) is 1. The number of aliphatic hydroxyl groups excluding tert-OH is 1. The summed E-state index contributed by atoms with van der Waals surface area (Å²) < 4.78 is 5.15. The van der Waals surface area contributed by atoms with Crippen LogP contribution in [0.15, 0.2) is 0 Å². The fraction of sp³-hybridized carbons (Fsp3) is 0.818. The highest BCUT2D eigenvalue weighted by atomic mass is 16.5. The van der Waals surface area contributed by atoms with Crippen molar-refractivity contribution in [3.8, 4) is 0 Å². The number of aliphatic carboxylic acids is 1.